The zero-order valence-electron chi connectivity index (χ0n) is 21.6. The van der Waals surface area contributed by atoms with Crippen molar-refractivity contribution in [2.45, 2.75) is 98.4 Å². The zero-order chi connectivity index (χ0) is 24.5. The summed E-state index contributed by atoms with van der Waals surface area (Å²) in [5.41, 5.74) is 7.00. The molecule has 7 heteroatoms. The summed E-state index contributed by atoms with van der Waals surface area (Å²) < 4.78 is 36.3. The highest BCUT2D eigenvalue weighted by Gasteiger charge is 2.29. The lowest BCUT2D eigenvalue weighted by Crippen LogP contribution is -2.17. The van der Waals surface area contributed by atoms with Gasteiger partial charge in [-0.3, -0.25) is 9.05 Å². The molecule has 0 amide bonds. The molecule has 0 aliphatic carbocycles. The van der Waals surface area contributed by atoms with Crippen molar-refractivity contribution in [2.24, 2.45) is 17.6 Å². The van der Waals surface area contributed by atoms with Crippen molar-refractivity contribution in [2.75, 3.05) is 20.0 Å². The van der Waals surface area contributed by atoms with Crippen LogP contribution < -0.4 is 10.5 Å². The normalized spacial score (nSPS) is 16.2. The van der Waals surface area contributed by atoms with Crippen LogP contribution in [0.15, 0.2) is 24.3 Å². The fourth-order valence-corrected chi connectivity index (χ4v) is 4.75. The van der Waals surface area contributed by atoms with Gasteiger partial charge in [-0.25, -0.2) is 9.09 Å². The van der Waals surface area contributed by atoms with Gasteiger partial charge in [-0.2, -0.15) is 0 Å². The van der Waals surface area contributed by atoms with Gasteiger partial charge in [-0.05, 0) is 55.7 Å². The van der Waals surface area contributed by atoms with Gasteiger partial charge in [0, 0.05) is 6.04 Å². The molecule has 3 unspecified atom stereocenters. The Morgan fingerprint density at radius 3 is 1.79 bits per heavy atom. The summed E-state index contributed by atoms with van der Waals surface area (Å²) in [6.07, 6.45) is 9.37. The predicted molar refractivity (Wildman–Crippen MR) is 136 cm³/mol. The molecule has 0 saturated carbocycles. The molecule has 0 saturated heterocycles. The lowest BCUT2D eigenvalue weighted by atomic mass is 10.0. The summed E-state index contributed by atoms with van der Waals surface area (Å²) >= 11 is 0. The summed E-state index contributed by atoms with van der Waals surface area (Å²) in [5, 5.41) is 0. The van der Waals surface area contributed by atoms with E-state index in [0.717, 1.165) is 63.4 Å². The summed E-state index contributed by atoms with van der Waals surface area (Å²) in [6.45, 7) is 11.1. The van der Waals surface area contributed by atoms with E-state index in [1.807, 2.05) is 31.2 Å². The Bertz CT molecular complexity index is 629. The van der Waals surface area contributed by atoms with E-state index >= 15 is 0 Å². The second kappa shape index (κ2) is 17.5. The van der Waals surface area contributed by atoms with Crippen LogP contribution in [-0.2, 0) is 24.6 Å². The van der Waals surface area contributed by atoms with Crippen LogP contribution in [0, 0.1) is 11.8 Å². The maximum absolute atomic E-state index is 13.4. The number of nitrogens with two attached hydrogens (primary N) is 1. The average molecular weight is 486 g/mol. The lowest BCUT2D eigenvalue weighted by molar-refractivity contribution is 0.0368. The average Bonchev–Trinajstić information content (AvgIpc) is 2.80. The molecule has 2 N–H and O–H groups in total. The Labute approximate surface area is 202 Å². The van der Waals surface area contributed by atoms with Crippen molar-refractivity contribution in [1.29, 1.82) is 0 Å². The predicted octanol–water partition coefficient (Wildman–Crippen LogP) is 7.50. The third-order valence-corrected chi connectivity index (χ3v) is 7.29. The van der Waals surface area contributed by atoms with Crippen LogP contribution in [0.5, 0.6) is 5.75 Å². The fourth-order valence-electron chi connectivity index (χ4n) is 3.55. The summed E-state index contributed by atoms with van der Waals surface area (Å²) in [4.78, 5) is 0. The molecule has 0 heterocycles. The minimum atomic E-state index is -3.72. The SMILES string of the molecule is CCCCC(CC)COP(=O)(OCOc1ccc(CC(C)N)cc1)OCC(CC)CCCC. The molecule has 3 atom stereocenters. The maximum Gasteiger partial charge on any atom is 0.477 e. The first-order valence-electron chi connectivity index (χ1n) is 12.9. The molecule has 192 valence electrons. The molecule has 1 aromatic rings. The number of hydrogen-bond acceptors (Lipinski definition) is 6. The molecule has 0 aromatic heterocycles. The first-order valence-corrected chi connectivity index (χ1v) is 14.3. The first-order chi connectivity index (χ1) is 15.9. The van der Waals surface area contributed by atoms with E-state index in [-0.39, 0.29) is 12.8 Å². The standard InChI is InChI=1S/C26H48NO5P/c1-6-10-12-23(8-3)19-30-33(28,31-20-24(9-4)13-11-7-2)32-21-29-26-16-14-25(15-17-26)18-22(5)27/h14-17,22-24H,6-13,18-21,27H2,1-5H3. The van der Waals surface area contributed by atoms with Crippen molar-refractivity contribution < 1.29 is 22.9 Å². The van der Waals surface area contributed by atoms with E-state index in [1.165, 1.54) is 0 Å². The molecular weight excluding hydrogens is 437 g/mol. The summed E-state index contributed by atoms with van der Waals surface area (Å²) in [5.74, 6) is 1.32. The number of phosphoric acid groups is 1. The van der Waals surface area contributed by atoms with Crippen LogP contribution in [-0.4, -0.2) is 26.0 Å². The van der Waals surface area contributed by atoms with E-state index in [4.69, 9.17) is 24.0 Å². The van der Waals surface area contributed by atoms with Crippen molar-refractivity contribution in [1.82, 2.24) is 0 Å². The van der Waals surface area contributed by atoms with Crippen molar-refractivity contribution in [3.63, 3.8) is 0 Å². The van der Waals surface area contributed by atoms with Crippen LogP contribution in [0.2, 0.25) is 0 Å². The Kier molecular flexibility index (Phi) is 16.0. The van der Waals surface area contributed by atoms with Gasteiger partial charge < -0.3 is 10.5 Å². The van der Waals surface area contributed by atoms with Crippen molar-refractivity contribution in [3.05, 3.63) is 29.8 Å². The monoisotopic (exact) mass is 485 g/mol. The molecule has 6 nitrogen and oxygen atoms in total. The Morgan fingerprint density at radius 2 is 1.36 bits per heavy atom. The minimum absolute atomic E-state index is 0.105. The first kappa shape index (κ1) is 30.1. The summed E-state index contributed by atoms with van der Waals surface area (Å²) in [6, 6.07) is 7.79. The number of benzene rings is 1. The highest BCUT2D eigenvalue weighted by Crippen LogP contribution is 2.50. The van der Waals surface area contributed by atoms with Crippen LogP contribution in [0.1, 0.15) is 91.5 Å². The fraction of sp³-hybridized carbons (Fsp3) is 0.769. The van der Waals surface area contributed by atoms with Gasteiger partial charge in [0.05, 0.1) is 13.2 Å². The molecule has 0 fully saturated rings. The van der Waals surface area contributed by atoms with Gasteiger partial charge in [0.15, 0.2) is 6.79 Å². The molecule has 1 aromatic carbocycles. The molecule has 1 rings (SSSR count). The maximum atomic E-state index is 13.4. The second-order valence-electron chi connectivity index (χ2n) is 9.09. The minimum Gasteiger partial charge on any atom is -0.467 e. The second-order valence-corrected chi connectivity index (χ2v) is 10.8. The third kappa shape index (κ3) is 13.5. The van der Waals surface area contributed by atoms with Crippen molar-refractivity contribution in [3.8, 4) is 5.75 Å². The van der Waals surface area contributed by atoms with Gasteiger partial charge in [0.1, 0.15) is 5.75 Å². The molecule has 0 spiro atoms. The highest BCUT2D eigenvalue weighted by atomic mass is 31.2. The lowest BCUT2D eigenvalue weighted by Gasteiger charge is -2.23. The highest BCUT2D eigenvalue weighted by molar-refractivity contribution is 7.48. The van der Waals surface area contributed by atoms with E-state index in [2.05, 4.69) is 27.7 Å². The van der Waals surface area contributed by atoms with Gasteiger partial charge in [-0.1, -0.05) is 78.4 Å². The number of ether oxygens (including phenoxy) is 1. The number of unbranched alkanes of at least 4 members (excludes halogenated alkanes) is 2. The molecule has 0 aliphatic heterocycles. The van der Waals surface area contributed by atoms with Gasteiger partial charge in [0.25, 0.3) is 0 Å². The van der Waals surface area contributed by atoms with E-state index in [0.29, 0.717) is 30.8 Å². The third-order valence-electron chi connectivity index (χ3n) is 5.94. The zero-order valence-corrected chi connectivity index (χ0v) is 22.5. The van der Waals surface area contributed by atoms with Crippen LogP contribution in [0.25, 0.3) is 0 Å². The largest absolute Gasteiger partial charge is 0.477 e. The smallest absolute Gasteiger partial charge is 0.467 e. The molecule has 0 bridgehead atoms. The van der Waals surface area contributed by atoms with Gasteiger partial charge in [-0.15, -0.1) is 0 Å². The van der Waals surface area contributed by atoms with E-state index in [1.54, 1.807) is 0 Å². The Hall–Kier alpha value is -0.910. The summed E-state index contributed by atoms with van der Waals surface area (Å²) in [7, 11) is -3.72. The molecule has 0 radical (unpaired) electrons. The van der Waals surface area contributed by atoms with Crippen LogP contribution in [0.3, 0.4) is 0 Å². The Morgan fingerprint density at radius 1 is 0.848 bits per heavy atom. The van der Waals surface area contributed by atoms with E-state index in [9.17, 15) is 4.57 Å². The molecule has 33 heavy (non-hydrogen) atoms. The van der Waals surface area contributed by atoms with Crippen molar-refractivity contribution >= 4 is 7.82 Å². The van der Waals surface area contributed by atoms with Crippen LogP contribution in [0.4, 0.5) is 0 Å². The Balaban J connectivity index is 2.69. The number of rotatable bonds is 20. The topological polar surface area (TPSA) is 80.0 Å². The molecular formula is C26H48NO5P. The van der Waals surface area contributed by atoms with Gasteiger partial charge >= 0.3 is 7.82 Å². The quantitative estimate of drug-likeness (QED) is 0.152. The van der Waals surface area contributed by atoms with E-state index < -0.39 is 7.82 Å². The molecule has 0 aliphatic rings. The number of phosphoric ester groups is 1. The van der Waals surface area contributed by atoms with Crippen LogP contribution >= 0.6 is 7.82 Å². The number of hydrogen-bond donors (Lipinski definition) is 1. The van der Waals surface area contributed by atoms with Gasteiger partial charge in [0.2, 0.25) is 0 Å².